The number of ether oxygens (including phenoxy) is 1. The molecule has 0 radical (unpaired) electrons. The van der Waals surface area contributed by atoms with Crippen molar-refractivity contribution in [1.29, 1.82) is 0 Å². The minimum absolute atomic E-state index is 0.00387. The molecule has 22 heavy (non-hydrogen) atoms. The highest BCUT2D eigenvalue weighted by molar-refractivity contribution is 9.10. The summed E-state index contributed by atoms with van der Waals surface area (Å²) in [6, 6.07) is 5.26. The van der Waals surface area contributed by atoms with Crippen molar-refractivity contribution in [2.24, 2.45) is 0 Å². The fourth-order valence-electron chi connectivity index (χ4n) is 1.65. The van der Waals surface area contributed by atoms with Crippen LogP contribution in [0.2, 0.25) is 0 Å². The highest BCUT2D eigenvalue weighted by Gasteiger charge is 2.21. The van der Waals surface area contributed by atoms with Gasteiger partial charge in [-0.2, -0.15) is 4.98 Å². The molecule has 0 unspecified atom stereocenters. The van der Waals surface area contributed by atoms with E-state index < -0.39 is 22.0 Å². The molecule has 0 aliphatic heterocycles. The molecule has 1 aromatic carbocycles. The van der Waals surface area contributed by atoms with Gasteiger partial charge in [0.2, 0.25) is 0 Å². The SMILES string of the molecule is COc1ccc(C=Cc2nc(O)c([N+](=O)[O-])c(=O)[nH]2)c(Br)c1. The number of hydrogen-bond acceptors (Lipinski definition) is 6. The Balaban J connectivity index is 2.35. The number of methoxy groups -OCH3 is 1. The quantitative estimate of drug-likeness (QED) is 0.632. The molecular weight excluding hydrogens is 358 g/mol. The topological polar surface area (TPSA) is 118 Å². The summed E-state index contributed by atoms with van der Waals surface area (Å²) < 4.78 is 5.82. The van der Waals surface area contributed by atoms with Gasteiger partial charge in [-0.15, -0.1) is 0 Å². The first-order chi connectivity index (χ1) is 10.4. The van der Waals surface area contributed by atoms with Gasteiger partial charge in [0, 0.05) is 4.47 Å². The summed E-state index contributed by atoms with van der Waals surface area (Å²) in [5.74, 6) is -0.262. The van der Waals surface area contributed by atoms with Gasteiger partial charge >= 0.3 is 11.2 Å². The first-order valence-electron chi connectivity index (χ1n) is 5.91. The van der Waals surface area contributed by atoms with E-state index in [0.29, 0.717) is 5.75 Å². The largest absolute Gasteiger partial charge is 0.497 e. The van der Waals surface area contributed by atoms with Crippen molar-refractivity contribution in [3.8, 4) is 11.6 Å². The number of benzene rings is 1. The van der Waals surface area contributed by atoms with Gasteiger partial charge in [-0.25, -0.2) is 0 Å². The van der Waals surface area contributed by atoms with Crippen LogP contribution in [-0.2, 0) is 0 Å². The van der Waals surface area contributed by atoms with Crippen molar-refractivity contribution in [3.05, 3.63) is 54.5 Å². The molecule has 0 spiro atoms. The molecule has 1 heterocycles. The van der Waals surface area contributed by atoms with Crippen LogP contribution in [0.3, 0.4) is 0 Å². The van der Waals surface area contributed by atoms with Gasteiger partial charge in [0.25, 0.3) is 5.88 Å². The molecule has 114 valence electrons. The standard InChI is InChI=1S/C13H10BrN3O5/c1-22-8-4-2-7(9(14)6-8)3-5-10-15-12(18)11(17(20)21)13(19)16-10/h2-6H,1H3,(H2,15,16,18,19). The smallest absolute Gasteiger partial charge is 0.395 e. The number of rotatable bonds is 4. The molecule has 0 atom stereocenters. The van der Waals surface area contributed by atoms with Crippen LogP contribution in [0.5, 0.6) is 11.6 Å². The molecule has 0 saturated carbocycles. The van der Waals surface area contributed by atoms with E-state index in [9.17, 15) is 20.0 Å². The van der Waals surface area contributed by atoms with Crippen LogP contribution in [0.4, 0.5) is 5.69 Å². The van der Waals surface area contributed by atoms with Crippen LogP contribution in [0.15, 0.2) is 27.5 Å². The van der Waals surface area contributed by atoms with Gasteiger partial charge in [0.15, 0.2) is 0 Å². The summed E-state index contributed by atoms with van der Waals surface area (Å²) in [7, 11) is 1.55. The van der Waals surface area contributed by atoms with Crippen LogP contribution in [-0.4, -0.2) is 27.1 Å². The number of H-pyrrole nitrogens is 1. The van der Waals surface area contributed by atoms with E-state index in [-0.39, 0.29) is 5.82 Å². The summed E-state index contributed by atoms with van der Waals surface area (Å²) >= 11 is 3.36. The Kier molecular flexibility index (Phi) is 4.56. The maximum Gasteiger partial charge on any atom is 0.395 e. The van der Waals surface area contributed by atoms with Crippen LogP contribution in [0.1, 0.15) is 11.4 Å². The van der Waals surface area contributed by atoms with Gasteiger partial charge in [-0.05, 0) is 23.8 Å². The second-order valence-electron chi connectivity index (χ2n) is 4.10. The molecule has 0 saturated heterocycles. The normalized spacial score (nSPS) is 10.8. The molecule has 0 fully saturated rings. The molecule has 8 nitrogen and oxygen atoms in total. The predicted molar refractivity (Wildman–Crippen MR) is 82.8 cm³/mol. The van der Waals surface area contributed by atoms with Gasteiger partial charge < -0.3 is 14.8 Å². The molecule has 2 aromatic rings. The lowest BCUT2D eigenvalue weighted by molar-refractivity contribution is -0.387. The summed E-state index contributed by atoms with van der Waals surface area (Å²) in [5, 5.41) is 20.0. The molecule has 2 rings (SSSR count). The number of aromatic nitrogens is 2. The molecule has 0 bridgehead atoms. The maximum atomic E-state index is 11.5. The zero-order valence-corrected chi connectivity index (χ0v) is 12.8. The summed E-state index contributed by atoms with van der Waals surface area (Å²) in [6.07, 6.45) is 3.03. The number of nitrogens with one attached hydrogen (secondary N) is 1. The Morgan fingerprint density at radius 2 is 2.18 bits per heavy atom. The predicted octanol–water partition coefficient (Wildman–Crippen LogP) is 2.33. The third-order valence-corrected chi connectivity index (χ3v) is 3.39. The molecule has 1 aromatic heterocycles. The van der Waals surface area contributed by atoms with E-state index in [1.165, 1.54) is 6.08 Å². The monoisotopic (exact) mass is 367 g/mol. The first kappa shape index (κ1) is 15.7. The van der Waals surface area contributed by atoms with Gasteiger partial charge in [0.1, 0.15) is 11.6 Å². The lowest BCUT2D eigenvalue weighted by Gasteiger charge is -2.03. The maximum absolute atomic E-state index is 11.5. The van der Waals surface area contributed by atoms with Crippen molar-refractivity contribution < 1.29 is 14.8 Å². The lowest BCUT2D eigenvalue weighted by Crippen LogP contribution is -2.14. The molecular formula is C13H10BrN3O5. The van der Waals surface area contributed by atoms with Crippen molar-refractivity contribution in [2.45, 2.75) is 0 Å². The minimum atomic E-state index is -1.02. The van der Waals surface area contributed by atoms with Crippen molar-refractivity contribution in [1.82, 2.24) is 9.97 Å². The van der Waals surface area contributed by atoms with E-state index >= 15 is 0 Å². The average Bonchev–Trinajstić information content (AvgIpc) is 2.44. The minimum Gasteiger partial charge on any atom is -0.497 e. The van der Waals surface area contributed by atoms with Crippen LogP contribution >= 0.6 is 15.9 Å². The number of nitro groups is 1. The fourth-order valence-corrected chi connectivity index (χ4v) is 2.14. The Bertz CT molecular complexity index is 816. The Labute approximate surface area is 132 Å². The molecule has 0 aliphatic carbocycles. The van der Waals surface area contributed by atoms with Gasteiger partial charge in [-0.3, -0.25) is 14.9 Å². The van der Waals surface area contributed by atoms with E-state index in [0.717, 1.165) is 10.0 Å². The highest BCUT2D eigenvalue weighted by Crippen LogP contribution is 2.24. The van der Waals surface area contributed by atoms with Gasteiger partial charge in [-0.1, -0.05) is 28.1 Å². The zero-order chi connectivity index (χ0) is 16.3. The second-order valence-corrected chi connectivity index (χ2v) is 4.96. The summed E-state index contributed by atoms with van der Waals surface area (Å²) in [5.41, 5.74) is -1.24. The lowest BCUT2D eigenvalue weighted by atomic mass is 10.2. The summed E-state index contributed by atoms with van der Waals surface area (Å²) in [6.45, 7) is 0. The van der Waals surface area contributed by atoms with E-state index in [2.05, 4.69) is 25.9 Å². The number of halogens is 1. The highest BCUT2D eigenvalue weighted by atomic mass is 79.9. The summed E-state index contributed by atoms with van der Waals surface area (Å²) in [4.78, 5) is 26.9. The Morgan fingerprint density at radius 1 is 1.45 bits per heavy atom. The van der Waals surface area contributed by atoms with Crippen molar-refractivity contribution >= 4 is 33.8 Å². The number of aromatic hydroxyl groups is 1. The Morgan fingerprint density at radius 3 is 2.73 bits per heavy atom. The van der Waals surface area contributed by atoms with Crippen LogP contribution in [0, 0.1) is 10.1 Å². The molecule has 9 heteroatoms. The number of nitrogens with zero attached hydrogens (tertiary/aromatic N) is 2. The first-order valence-corrected chi connectivity index (χ1v) is 6.71. The van der Waals surface area contributed by atoms with Crippen molar-refractivity contribution in [3.63, 3.8) is 0 Å². The van der Waals surface area contributed by atoms with Crippen LogP contribution < -0.4 is 10.3 Å². The molecule has 0 amide bonds. The second kappa shape index (κ2) is 6.39. The van der Waals surface area contributed by atoms with E-state index in [1.807, 2.05) is 0 Å². The molecule has 2 N–H and O–H groups in total. The third-order valence-electron chi connectivity index (χ3n) is 2.71. The average molecular weight is 368 g/mol. The zero-order valence-electron chi connectivity index (χ0n) is 11.2. The van der Waals surface area contributed by atoms with Gasteiger partial charge in [0.05, 0.1) is 12.0 Å². The molecule has 0 aliphatic rings. The Hall–Kier alpha value is -2.68. The van der Waals surface area contributed by atoms with Crippen molar-refractivity contribution in [2.75, 3.05) is 7.11 Å². The third kappa shape index (κ3) is 3.31. The van der Waals surface area contributed by atoms with E-state index in [1.54, 1.807) is 31.4 Å². The van der Waals surface area contributed by atoms with E-state index in [4.69, 9.17) is 4.74 Å². The number of aromatic amines is 1. The fraction of sp³-hybridized carbons (Fsp3) is 0.0769. The number of hydrogen-bond donors (Lipinski definition) is 2. The van der Waals surface area contributed by atoms with Crippen LogP contribution in [0.25, 0.3) is 12.2 Å².